The van der Waals surface area contributed by atoms with Crippen LogP contribution in [0, 0.1) is 5.92 Å². The number of amides is 3. The van der Waals surface area contributed by atoms with E-state index in [0.717, 1.165) is 4.90 Å². The third-order valence-electron chi connectivity index (χ3n) is 4.73. The Kier molecular flexibility index (Phi) is 6.06. The van der Waals surface area contributed by atoms with Crippen LogP contribution in [0.4, 0.5) is 4.79 Å². The van der Waals surface area contributed by atoms with Crippen LogP contribution >= 0.6 is 0 Å². The number of hydrogen-bond acceptors (Lipinski definition) is 6. The Labute approximate surface area is 151 Å². The summed E-state index contributed by atoms with van der Waals surface area (Å²) in [5.41, 5.74) is 0. The van der Waals surface area contributed by atoms with Crippen LogP contribution in [0.15, 0.2) is 0 Å². The Hall–Kier alpha value is -2.36. The molecular formula is C16H25N3O7. The van der Waals surface area contributed by atoms with Crippen LogP contribution in [0.3, 0.4) is 0 Å². The topological polar surface area (TPSA) is 136 Å². The van der Waals surface area contributed by atoms with E-state index in [0.29, 0.717) is 0 Å². The minimum atomic E-state index is -1.28. The summed E-state index contributed by atoms with van der Waals surface area (Å²) in [5.74, 6) is -1.64. The van der Waals surface area contributed by atoms with Gasteiger partial charge in [0.2, 0.25) is 11.8 Å². The van der Waals surface area contributed by atoms with Gasteiger partial charge >= 0.3 is 12.1 Å². The molecule has 146 valence electrons. The maximum Gasteiger partial charge on any atom is 0.408 e. The van der Waals surface area contributed by atoms with Crippen LogP contribution in [0.5, 0.6) is 0 Å². The lowest BCUT2D eigenvalue weighted by Crippen LogP contribution is -2.49. The van der Waals surface area contributed by atoms with E-state index in [2.05, 4.69) is 5.32 Å². The third-order valence-corrected chi connectivity index (χ3v) is 4.73. The summed E-state index contributed by atoms with van der Waals surface area (Å²) in [7, 11) is 1.23. The molecule has 2 aliphatic heterocycles. The molecule has 10 heteroatoms. The van der Waals surface area contributed by atoms with Gasteiger partial charge in [0.15, 0.2) is 0 Å². The highest BCUT2D eigenvalue weighted by atomic mass is 16.5. The molecule has 2 aliphatic rings. The Balaban J connectivity index is 2.07. The van der Waals surface area contributed by atoms with Crippen LogP contribution in [-0.4, -0.2) is 88.3 Å². The molecule has 0 aromatic carbocycles. The summed E-state index contributed by atoms with van der Waals surface area (Å²) in [6.45, 7) is 3.45. The first kappa shape index (κ1) is 20.0. The average Bonchev–Trinajstić information content (AvgIpc) is 3.17. The molecule has 3 amide bonds. The number of β-amino-alcohol motifs (C(OH)–C–C–N with tert-alkyl or cyclic N) is 1. The van der Waals surface area contributed by atoms with E-state index >= 15 is 0 Å². The predicted octanol–water partition coefficient (Wildman–Crippen LogP) is -0.986. The summed E-state index contributed by atoms with van der Waals surface area (Å²) < 4.78 is 4.75. The first-order chi connectivity index (χ1) is 12.1. The number of esters is 1. The van der Waals surface area contributed by atoms with Crippen molar-refractivity contribution in [3.8, 4) is 0 Å². The standard InChI is InChI=1S/C16H25N3O7/c1-8(2)14(22)18-6-9(4-12(18)15(23)26-3)17-13(21)11-5-10(20)7-19(11)16(24)25/h8-12,20H,4-7H2,1-3H3,(H,17,21)(H,24,25)/t9-,10+,11+,12-/m1/s1. The van der Waals surface area contributed by atoms with Gasteiger partial charge in [0.25, 0.3) is 0 Å². The highest BCUT2D eigenvalue weighted by molar-refractivity contribution is 5.88. The molecule has 0 aliphatic carbocycles. The van der Waals surface area contributed by atoms with Gasteiger partial charge < -0.3 is 25.2 Å². The predicted molar refractivity (Wildman–Crippen MR) is 88.0 cm³/mol. The molecule has 3 N–H and O–H groups in total. The van der Waals surface area contributed by atoms with Crippen molar-refractivity contribution < 1.29 is 34.1 Å². The minimum Gasteiger partial charge on any atom is -0.467 e. The highest BCUT2D eigenvalue weighted by Crippen LogP contribution is 2.23. The van der Waals surface area contributed by atoms with Crippen molar-refractivity contribution in [3.63, 3.8) is 0 Å². The van der Waals surface area contributed by atoms with Crippen LogP contribution in [0.25, 0.3) is 0 Å². The van der Waals surface area contributed by atoms with Gasteiger partial charge in [0.1, 0.15) is 12.1 Å². The van der Waals surface area contributed by atoms with Gasteiger partial charge in [-0.1, -0.05) is 13.8 Å². The second-order valence-electron chi connectivity index (χ2n) is 6.97. The molecule has 0 aromatic rings. The number of methoxy groups -OCH3 is 1. The van der Waals surface area contributed by atoms with E-state index in [9.17, 15) is 24.3 Å². The van der Waals surface area contributed by atoms with E-state index < -0.39 is 42.2 Å². The summed E-state index contributed by atoms with van der Waals surface area (Å²) >= 11 is 0. The number of hydrogen-bond donors (Lipinski definition) is 3. The number of nitrogens with zero attached hydrogens (tertiary/aromatic N) is 2. The zero-order chi connectivity index (χ0) is 19.6. The summed E-state index contributed by atoms with van der Waals surface area (Å²) in [6, 6.07) is -2.28. The fourth-order valence-electron chi connectivity index (χ4n) is 3.45. The van der Waals surface area contributed by atoms with E-state index in [1.807, 2.05) is 0 Å². The number of likely N-dealkylation sites (tertiary alicyclic amines) is 2. The minimum absolute atomic E-state index is 0.0138. The first-order valence-corrected chi connectivity index (χ1v) is 8.52. The van der Waals surface area contributed by atoms with Crippen molar-refractivity contribution in [3.05, 3.63) is 0 Å². The average molecular weight is 371 g/mol. The van der Waals surface area contributed by atoms with Gasteiger partial charge in [0.05, 0.1) is 19.8 Å². The molecule has 4 atom stereocenters. The molecule has 0 unspecified atom stereocenters. The number of aliphatic hydroxyl groups excluding tert-OH is 1. The molecule has 0 saturated carbocycles. The number of rotatable bonds is 4. The van der Waals surface area contributed by atoms with Crippen molar-refractivity contribution in [1.29, 1.82) is 0 Å². The lowest BCUT2D eigenvalue weighted by molar-refractivity contribution is -0.152. The maximum absolute atomic E-state index is 12.5. The maximum atomic E-state index is 12.5. The summed E-state index contributed by atoms with van der Waals surface area (Å²) in [5, 5.41) is 21.5. The third kappa shape index (κ3) is 4.06. The van der Waals surface area contributed by atoms with Gasteiger partial charge in [-0.3, -0.25) is 14.5 Å². The summed E-state index contributed by atoms with van der Waals surface area (Å²) in [4.78, 5) is 50.3. The number of carbonyl (C=O) groups is 4. The van der Waals surface area contributed by atoms with Crippen molar-refractivity contribution in [2.45, 2.75) is 50.9 Å². The fraction of sp³-hybridized carbons (Fsp3) is 0.750. The number of nitrogens with one attached hydrogen (secondary N) is 1. The van der Waals surface area contributed by atoms with Crippen LogP contribution in [0.1, 0.15) is 26.7 Å². The number of ether oxygens (including phenoxy) is 1. The smallest absolute Gasteiger partial charge is 0.408 e. The zero-order valence-corrected chi connectivity index (χ0v) is 15.0. The van der Waals surface area contributed by atoms with E-state index in [-0.39, 0.29) is 37.8 Å². The van der Waals surface area contributed by atoms with E-state index in [4.69, 9.17) is 9.84 Å². The quantitative estimate of drug-likeness (QED) is 0.540. The van der Waals surface area contributed by atoms with Crippen molar-refractivity contribution in [1.82, 2.24) is 15.1 Å². The van der Waals surface area contributed by atoms with Gasteiger partial charge in [-0.2, -0.15) is 0 Å². The number of carbonyl (C=O) groups excluding carboxylic acids is 3. The molecule has 2 rings (SSSR count). The van der Waals surface area contributed by atoms with Crippen LogP contribution in [0.2, 0.25) is 0 Å². The van der Waals surface area contributed by atoms with Gasteiger partial charge in [-0.25, -0.2) is 9.59 Å². The Morgan fingerprint density at radius 2 is 1.73 bits per heavy atom. The Bertz CT molecular complexity index is 594. The summed E-state index contributed by atoms with van der Waals surface area (Å²) in [6.07, 6.45) is -1.97. The van der Waals surface area contributed by atoms with Crippen molar-refractivity contribution in [2.24, 2.45) is 5.92 Å². The van der Waals surface area contributed by atoms with Gasteiger partial charge in [0, 0.05) is 31.3 Å². The normalized spacial score (nSPS) is 28.3. The fourth-order valence-corrected chi connectivity index (χ4v) is 3.45. The molecule has 0 aromatic heterocycles. The largest absolute Gasteiger partial charge is 0.467 e. The second kappa shape index (κ2) is 7.90. The molecule has 0 radical (unpaired) electrons. The van der Waals surface area contributed by atoms with Gasteiger partial charge in [-0.15, -0.1) is 0 Å². The Morgan fingerprint density at radius 3 is 2.27 bits per heavy atom. The van der Waals surface area contributed by atoms with Crippen molar-refractivity contribution >= 4 is 23.9 Å². The second-order valence-corrected chi connectivity index (χ2v) is 6.97. The molecule has 2 fully saturated rings. The lowest BCUT2D eigenvalue weighted by Gasteiger charge is -2.24. The van der Waals surface area contributed by atoms with E-state index in [1.54, 1.807) is 13.8 Å². The van der Waals surface area contributed by atoms with Crippen LogP contribution < -0.4 is 5.32 Å². The zero-order valence-electron chi connectivity index (χ0n) is 15.0. The molecule has 2 saturated heterocycles. The highest BCUT2D eigenvalue weighted by Gasteiger charge is 2.44. The molecule has 0 bridgehead atoms. The van der Waals surface area contributed by atoms with E-state index in [1.165, 1.54) is 12.0 Å². The number of carboxylic acid groups (broad SMARTS) is 1. The molecule has 26 heavy (non-hydrogen) atoms. The first-order valence-electron chi connectivity index (χ1n) is 8.52. The Morgan fingerprint density at radius 1 is 1.08 bits per heavy atom. The SMILES string of the molecule is COC(=O)[C@H]1C[C@@H](NC(=O)[C@@H]2C[C@H](O)CN2C(=O)O)CN1C(=O)C(C)C. The lowest BCUT2D eigenvalue weighted by atomic mass is 10.1. The molecule has 0 spiro atoms. The monoisotopic (exact) mass is 371 g/mol. The van der Waals surface area contributed by atoms with Crippen molar-refractivity contribution in [2.75, 3.05) is 20.2 Å². The number of aliphatic hydroxyl groups is 1. The molecule has 10 nitrogen and oxygen atoms in total. The van der Waals surface area contributed by atoms with Gasteiger partial charge in [-0.05, 0) is 0 Å². The van der Waals surface area contributed by atoms with Crippen LogP contribution in [-0.2, 0) is 19.1 Å². The molecular weight excluding hydrogens is 346 g/mol. The molecule has 2 heterocycles.